The van der Waals surface area contributed by atoms with Crippen LogP contribution in [0.1, 0.15) is 5.56 Å². The molecule has 9 nitrogen and oxygen atoms in total. The van der Waals surface area contributed by atoms with E-state index in [-0.39, 0.29) is 5.82 Å². The molecule has 41 heavy (non-hydrogen) atoms. The maximum Gasteiger partial charge on any atom is 0.181 e. The molecule has 5 heterocycles. The van der Waals surface area contributed by atoms with Crippen LogP contribution in [0.4, 0.5) is 4.39 Å². The molecule has 0 unspecified atom stereocenters. The number of rotatable bonds is 9. The van der Waals surface area contributed by atoms with Crippen LogP contribution < -0.4 is 4.74 Å². The van der Waals surface area contributed by atoms with E-state index < -0.39 is 0 Å². The fraction of sp³-hybridized carbons (Fsp3) is 0.226. The summed E-state index contributed by atoms with van der Waals surface area (Å²) < 4.78 is 20.4. The zero-order valence-corrected chi connectivity index (χ0v) is 23.4. The number of pyridine rings is 3. The summed E-state index contributed by atoms with van der Waals surface area (Å²) in [5.41, 5.74) is 7.49. The number of aromatic amines is 2. The Hall–Kier alpha value is -4.67. The Bertz CT molecular complexity index is 1840. The van der Waals surface area contributed by atoms with Crippen molar-refractivity contribution >= 4 is 21.9 Å². The fourth-order valence-electron chi connectivity index (χ4n) is 4.91. The van der Waals surface area contributed by atoms with Gasteiger partial charge in [-0.1, -0.05) is 0 Å². The van der Waals surface area contributed by atoms with Gasteiger partial charge in [0.15, 0.2) is 5.65 Å². The Morgan fingerprint density at radius 3 is 2.54 bits per heavy atom. The second kappa shape index (κ2) is 11.1. The van der Waals surface area contributed by atoms with E-state index in [2.05, 4.69) is 47.2 Å². The number of likely N-dealkylation sites (N-methyl/N-ethyl adjacent to an activating group) is 1. The van der Waals surface area contributed by atoms with Crippen molar-refractivity contribution in [3.63, 3.8) is 0 Å². The van der Waals surface area contributed by atoms with Gasteiger partial charge in [0.05, 0.1) is 17.1 Å². The summed E-state index contributed by atoms with van der Waals surface area (Å²) in [4.78, 5) is 21.3. The van der Waals surface area contributed by atoms with E-state index in [1.54, 1.807) is 6.20 Å². The molecule has 10 heteroatoms. The van der Waals surface area contributed by atoms with Crippen molar-refractivity contribution in [1.29, 1.82) is 0 Å². The van der Waals surface area contributed by atoms with Crippen molar-refractivity contribution in [3.8, 4) is 39.5 Å². The highest BCUT2D eigenvalue weighted by molar-refractivity contribution is 6.00. The number of nitrogens with one attached hydrogen (secondary N) is 2. The molecule has 1 aromatic carbocycles. The zero-order chi connectivity index (χ0) is 28.5. The number of benzene rings is 1. The number of hydrogen-bond acceptors (Lipinski definition) is 7. The van der Waals surface area contributed by atoms with Crippen molar-refractivity contribution in [2.75, 3.05) is 41.3 Å². The highest BCUT2D eigenvalue weighted by atomic mass is 19.1. The van der Waals surface area contributed by atoms with Crippen LogP contribution in [0.2, 0.25) is 0 Å². The summed E-state index contributed by atoms with van der Waals surface area (Å²) in [7, 11) is 8.00. The largest absolute Gasteiger partial charge is 0.492 e. The van der Waals surface area contributed by atoms with Crippen molar-refractivity contribution in [3.05, 3.63) is 78.6 Å². The summed E-state index contributed by atoms with van der Waals surface area (Å²) in [5.74, 6) is 0.0953. The van der Waals surface area contributed by atoms with Crippen LogP contribution in [0.15, 0.2) is 67.3 Å². The van der Waals surface area contributed by atoms with E-state index in [1.165, 1.54) is 12.1 Å². The summed E-state index contributed by atoms with van der Waals surface area (Å²) >= 11 is 0. The van der Waals surface area contributed by atoms with Crippen LogP contribution >= 0.6 is 0 Å². The number of fused-ring (bicyclic) bond motifs is 2. The molecule has 0 aliphatic rings. The number of hydrogen-bond donors (Lipinski definition) is 2. The molecule has 0 aliphatic heterocycles. The molecule has 0 saturated heterocycles. The molecule has 5 aromatic heterocycles. The quantitative estimate of drug-likeness (QED) is 0.250. The van der Waals surface area contributed by atoms with E-state index in [4.69, 9.17) is 4.74 Å². The van der Waals surface area contributed by atoms with E-state index >= 15 is 0 Å². The predicted molar refractivity (Wildman–Crippen MR) is 159 cm³/mol. The van der Waals surface area contributed by atoms with Gasteiger partial charge in [-0.05, 0) is 70.2 Å². The Labute approximate surface area is 237 Å². The first-order valence-electron chi connectivity index (χ1n) is 13.3. The van der Waals surface area contributed by atoms with Crippen molar-refractivity contribution in [2.45, 2.75) is 6.54 Å². The molecule has 0 saturated carbocycles. The van der Waals surface area contributed by atoms with Gasteiger partial charge < -0.3 is 19.5 Å². The van der Waals surface area contributed by atoms with Crippen LogP contribution in [0.3, 0.4) is 0 Å². The lowest BCUT2D eigenvalue weighted by atomic mass is 10.1. The second-order valence-electron chi connectivity index (χ2n) is 10.6. The molecule has 6 aromatic rings. The van der Waals surface area contributed by atoms with Crippen LogP contribution in [0.25, 0.3) is 55.7 Å². The Morgan fingerprint density at radius 2 is 1.71 bits per heavy atom. The third kappa shape index (κ3) is 5.65. The van der Waals surface area contributed by atoms with Gasteiger partial charge in [0.2, 0.25) is 0 Å². The second-order valence-corrected chi connectivity index (χ2v) is 10.6. The average Bonchev–Trinajstić information content (AvgIpc) is 3.56. The lowest BCUT2D eigenvalue weighted by Crippen LogP contribution is -2.19. The minimum absolute atomic E-state index is 0.376. The molecule has 0 spiro atoms. The smallest absolute Gasteiger partial charge is 0.181 e. The lowest BCUT2D eigenvalue weighted by molar-refractivity contribution is 0.260. The molecule has 2 N–H and O–H groups in total. The van der Waals surface area contributed by atoms with Crippen LogP contribution in [-0.2, 0) is 6.54 Å². The molecular formula is C31H31FN8O. The van der Waals surface area contributed by atoms with E-state index in [9.17, 15) is 4.39 Å². The number of ether oxygens (including phenoxy) is 1. The Kier molecular flexibility index (Phi) is 7.17. The molecule has 0 fully saturated rings. The highest BCUT2D eigenvalue weighted by Gasteiger charge is 2.16. The van der Waals surface area contributed by atoms with E-state index in [0.29, 0.717) is 29.3 Å². The number of H-pyrrole nitrogens is 2. The summed E-state index contributed by atoms with van der Waals surface area (Å²) in [5, 5.41) is 9.32. The first kappa shape index (κ1) is 26.5. The number of aromatic nitrogens is 6. The normalized spacial score (nSPS) is 11.8. The SMILES string of the molecule is CN(C)CCOc1cc(F)cc(-c2nccc3[nH]c(-c4[nH]nc5ncc(-c6cncc(CN(C)C)c6)cc45)cc23)c1. The molecule has 0 bridgehead atoms. The Balaban J connectivity index is 1.37. The third-order valence-electron chi connectivity index (χ3n) is 6.81. The summed E-state index contributed by atoms with van der Waals surface area (Å²) in [6, 6.07) is 12.8. The molecule has 0 aliphatic carbocycles. The molecule has 208 valence electrons. The van der Waals surface area contributed by atoms with Gasteiger partial charge in [-0.2, -0.15) is 5.10 Å². The van der Waals surface area contributed by atoms with Gasteiger partial charge in [0.25, 0.3) is 0 Å². The van der Waals surface area contributed by atoms with Crippen LogP contribution in [-0.4, -0.2) is 81.3 Å². The molecular weight excluding hydrogens is 519 g/mol. The summed E-state index contributed by atoms with van der Waals surface area (Å²) in [6.07, 6.45) is 7.26. The maximum absolute atomic E-state index is 14.6. The van der Waals surface area contributed by atoms with Crippen LogP contribution in [0.5, 0.6) is 5.75 Å². The van der Waals surface area contributed by atoms with E-state index in [1.807, 2.05) is 69.9 Å². The molecule has 0 atom stereocenters. The van der Waals surface area contributed by atoms with Gasteiger partial charge in [-0.15, -0.1) is 0 Å². The van der Waals surface area contributed by atoms with E-state index in [0.717, 1.165) is 57.5 Å². The van der Waals surface area contributed by atoms with Gasteiger partial charge in [0, 0.05) is 76.9 Å². The van der Waals surface area contributed by atoms with Crippen molar-refractivity contribution in [2.24, 2.45) is 0 Å². The Morgan fingerprint density at radius 1 is 0.854 bits per heavy atom. The summed E-state index contributed by atoms with van der Waals surface area (Å²) in [6.45, 7) is 1.99. The number of nitrogens with zero attached hydrogens (tertiary/aromatic N) is 6. The van der Waals surface area contributed by atoms with Gasteiger partial charge in [-0.25, -0.2) is 9.37 Å². The monoisotopic (exact) mass is 550 g/mol. The van der Waals surface area contributed by atoms with Gasteiger partial charge >= 0.3 is 0 Å². The molecule has 0 radical (unpaired) electrons. The zero-order valence-electron chi connectivity index (χ0n) is 23.4. The molecule has 6 rings (SSSR count). The van der Waals surface area contributed by atoms with Gasteiger partial charge in [-0.3, -0.25) is 15.1 Å². The minimum Gasteiger partial charge on any atom is -0.492 e. The first-order chi connectivity index (χ1) is 19.8. The average molecular weight is 551 g/mol. The number of halogens is 1. The topological polar surface area (TPSA) is 98.8 Å². The highest BCUT2D eigenvalue weighted by Crippen LogP contribution is 2.35. The third-order valence-corrected chi connectivity index (χ3v) is 6.81. The maximum atomic E-state index is 14.6. The van der Waals surface area contributed by atoms with Crippen molar-refractivity contribution < 1.29 is 9.13 Å². The fourth-order valence-corrected chi connectivity index (χ4v) is 4.91. The lowest BCUT2D eigenvalue weighted by Gasteiger charge is -2.12. The van der Waals surface area contributed by atoms with Crippen LogP contribution in [0, 0.1) is 5.82 Å². The molecule has 0 amide bonds. The van der Waals surface area contributed by atoms with Gasteiger partial charge in [0.1, 0.15) is 18.2 Å². The van der Waals surface area contributed by atoms with Crippen molar-refractivity contribution in [1.82, 2.24) is 39.9 Å². The first-order valence-corrected chi connectivity index (χ1v) is 13.3. The minimum atomic E-state index is -0.376. The standard InChI is InChI=1S/C31H31FN8O/c1-39(2)7-8-41-24-11-20(10-23(32)13-24)29-25-14-28(36-27(25)5-6-34-29)30-26-12-22(17-35-31(26)38-37-30)21-9-19(15-33-16-21)18-40(3)4/h5-6,9-17,36H,7-8,18H2,1-4H3,(H,35,37,38). The predicted octanol–water partition coefficient (Wildman–Crippen LogP) is 5.37.